The Kier molecular flexibility index (Phi) is 4.13. The molecule has 2 aromatic carbocycles. The normalized spacial score (nSPS) is 23.4. The number of fused-ring (bicyclic) bond motifs is 1. The second-order valence-corrected chi connectivity index (χ2v) is 6.13. The SMILES string of the molecule is COc1ccc2ccccc2c1CN1CC(C)NC(C)C1. The van der Waals surface area contributed by atoms with Gasteiger partial charge in [-0.25, -0.2) is 0 Å². The third kappa shape index (κ3) is 3.04. The summed E-state index contributed by atoms with van der Waals surface area (Å²) in [6.45, 7) is 7.61. The van der Waals surface area contributed by atoms with Gasteiger partial charge in [0.15, 0.2) is 0 Å². The smallest absolute Gasteiger partial charge is 0.123 e. The molecule has 1 fully saturated rings. The van der Waals surface area contributed by atoms with Crippen LogP contribution in [0.15, 0.2) is 36.4 Å². The number of piperazine rings is 1. The molecule has 1 aliphatic rings. The van der Waals surface area contributed by atoms with Crippen molar-refractivity contribution < 1.29 is 4.74 Å². The van der Waals surface area contributed by atoms with Crippen molar-refractivity contribution in [1.29, 1.82) is 0 Å². The summed E-state index contributed by atoms with van der Waals surface area (Å²) < 4.78 is 5.61. The largest absolute Gasteiger partial charge is 0.496 e. The first-order chi connectivity index (χ1) is 10.2. The van der Waals surface area contributed by atoms with Crippen molar-refractivity contribution in [2.45, 2.75) is 32.5 Å². The summed E-state index contributed by atoms with van der Waals surface area (Å²) in [5, 5.41) is 6.17. The lowest BCUT2D eigenvalue weighted by Crippen LogP contribution is -2.53. The van der Waals surface area contributed by atoms with Crippen LogP contribution in [0.3, 0.4) is 0 Å². The van der Waals surface area contributed by atoms with E-state index in [0.29, 0.717) is 12.1 Å². The third-order valence-electron chi connectivity index (χ3n) is 4.23. The molecule has 3 nitrogen and oxygen atoms in total. The molecule has 112 valence electrons. The van der Waals surface area contributed by atoms with Crippen LogP contribution in [0, 0.1) is 0 Å². The second kappa shape index (κ2) is 6.04. The number of hydrogen-bond donors (Lipinski definition) is 1. The molecule has 2 aromatic rings. The van der Waals surface area contributed by atoms with Crippen LogP contribution in [-0.2, 0) is 6.54 Å². The fraction of sp³-hybridized carbons (Fsp3) is 0.444. The Hall–Kier alpha value is -1.58. The lowest BCUT2D eigenvalue weighted by atomic mass is 10.0. The van der Waals surface area contributed by atoms with Gasteiger partial charge in [-0.15, -0.1) is 0 Å². The van der Waals surface area contributed by atoms with E-state index in [1.807, 2.05) is 0 Å². The zero-order chi connectivity index (χ0) is 14.8. The van der Waals surface area contributed by atoms with Gasteiger partial charge in [0.1, 0.15) is 5.75 Å². The standard InChI is InChI=1S/C18H24N2O/c1-13-10-20(11-14(2)19-13)12-17-16-7-5-4-6-15(16)8-9-18(17)21-3/h4-9,13-14,19H,10-12H2,1-3H3. The zero-order valence-corrected chi connectivity index (χ0v) is 13.1. The fourth-order valence-corrected chi connectivity index (χ4v) is 3.46. The van der Waals surface area contributed by atoms with Crippen molar-refractivity contribution in [3.8, 4) is 5.75 Å². The summed E-state index contributed by atoms with van der Waals surface area (Å²) >= 11 is 0. The van der Waals surface area contributed by atoms with Gasteiger partial charge < -0.3 is 10.1 Å². The van der Waals surface area contributed by atoms with Crippen LogP contribution in [0.1, 0.15) is 19.4 Å². The molecule has 3 rings (SSSR count). The quantitative estimate of drug-likeness (QED) is 0.937. The van der Waals surface area contributed by atoms with E-state index < -0.39 is 0 Å². The van der Waals surface area contributed by atoms with Crippen LogP contribution >= 0.6 is 0 Å². The predicted octanol–water partition coefficient (Wildman–Crippen LogP) is 3.03. The highest BCUT2D eigenvalue weighted by atomic mass is 16.5. The molecule has 2 atom stereocenters. The Labute approximate surface area is 126 Å². The van der Waals surface area contributed by atoms with Crippen molar-refractivity contribution in [3.63, 3.8) is 0 Å². The zero-order valence-electron chi connectivity index (χ0n) is 13.1. The lowest BCUT2D eigenvalue weighted by molar-refractivity contribution is 0.165. The maximum atomic E-state index is 5.61. The Morgan fingerprint density at radius 3 is 2.52 bits per heavy atom. The molecule has 1 heterocycles. The molecule has 1 saturated heterocycles. The number of benzene rings is 2. The second-order valence-electron chi connectivity index (χ2n) is 6.13. The summed E-state index contributed by atoms with van der Waals surface area (Å²) in [5.74, 6) is 0.993. The highest BCUT2D eigenvalue weighted by Gasteiger charge is 2.22. The molecule has 0 saturated carbocycles. The van der Waals surface area contributed by atoms with Crippen molar-refractivity contribution in [3.05, 3.63) is 42.0 Å². The van der Waals surface area contributed by atoms with Gasteiger partial charge in [-0.05, 0) is 30.7 Å². The van der Waals surface area contributed by atoms with Crippen molar-refractivity contribution in [1.82, 2.24) is 10.2 Å². The molecule has 1 N–H and O–H groups in total. The number of hydrogen-bond acceptors (Lipinski definition) is 3. The van der Waals surface area contributed by atoms with Crippen molar-refractivity contribution in [2.24, 2.45) is 0 Å². The van der Waals surface area contributed by atoms with E-state index in [1.54, 1.807) is 7.11 Å². The minimum Gasteiger partial charge on any atom is -0.496 e. The summed E-state index contributed by atoms with van der Waals surface area (Å²) in [7, 11) is 1.76. The highest BCUT2D eigenvalue weighted by molar-refractivity contribution is 5.87. The minimum atomic E-state index is 0.537. The van der Waals surface area contributed by atoms with Gasteiger partial charge in [-0.1, -0.05) is 30.3 Å². The molecule has 2 unspecified atom stereocenters. The Bertz CT molecular complexity index is 616. The van der Waals surface area contributed by atoms with Crippen LogP contribution in [0.2, 0.25) is 0 Å². The van der Waals surface area contributed by atoms with Crippen LogP contribution in [0.25, 0.3) is 10.8 Å². The monoisotopic (exact) mass is 284 g/mol. The van der Waals surface area contributed by atoms with E-state index in [0.717, 1.165) is 25.4 Å². The summed E-state index contributed by atoms with van der Waals surface area (Å²) in [6.07, 6.45) is 0. The molecule has 1 aliphatic heterocycles. The first-order valence-electron chi connectivity index (χ1n) is 7.70. The number of methoxy groups -OCH3 is 1. The molecular formula is C18H24N2O. The summed E-state index contributed by atoms with van der Waals surface area (Å²) in [5.41, 5.74) is 1.30. The number of rotatable bonds is 3. The minimum absolute atomic E-state index is 0.537. The first-order valence-corrected chi connectivity index (χ1v) is 7.70. The fourth-order valence-electron chi connectivity index (χ4n) is 3.46. The van der Waals surface area contributed by atoms with Gasteiger partial charge in [-0.3, -0.25) is 4.90 Å². The van der Waals surface area contributed by atoms with Gasteiger partial charge in [0, 0.05) is 37.3 Å². The van der Waals surface area contributed by atoms with E-state index in [9.17, 15) is 0 Å². The highest BCUT2D eigenvalue weighted by Crippen LogP contribution is 2.29. The lowest BCUT2D eigenvalue weighted by Gasteiger charge is -2.36. The predicted molar refractivity (Wildman–Crippen MR) is 87.8 cm³/mol. The Morgan fingerprint density at radius 1 is 1.10 bits per heavy atom. The van der Waals surface area contributed by atoms with E-state index in [-0.39, 0.29) is 0 Å². The third-order valence-corrected chi connectivity index (χ3v) is 4.23. The van der Waals surface area contributed by atoms with E-state index >= 15 is 0 Å². The summed E-state index contributed by atoms with van der Waals surface area (Å²) in [6, 6.07) is 13.9. The average molecular weight is 284 g/mol. The van der Waals surface area contributed by atoms with Crippen LogP contribution in [0.5, 0.6) is 5.75 Å². The van der Waals surface area contributed by atoms with Crippen LogP contribution < -0.4 is 10.1 Å². The molecule has 0 bridgehead atoms. The van der Waals surface area contributed by atoms with Crippen LogP contribution in [0.4, 0.5) is 0 Å². The molecule has 0 spiro atoms. The average Bonchev–Trinajstić information content (AvgIpc) is 2.46. The summed E-state index contributed by atoms with van der Waals surface area (Å²) in [4.78, 5) is 2.52. The van der Waals surface area contributed by atoms with Gasteiger partial charge in [0.25, 0.3) is 0 Å². The van der Waals surface area contributed by atoms with Crippen LogP contribution in [-0.4, -0.2) is 37.2 Å². The van der Waals surface area contributed by atoms with E-state index in [1.165, 1.54) is 16.3 Å². The topological polar surface area (TPSA) is 24.5 Å². The number of ether oxygens (including phenoxy) is 1. The van der Waals surface area contributed by atoms with Gasteiger partial charge in [-0.2, -0.15) is 0 Å². The molecule has 21 heavy (non-hydrogen) atoms. The first kappa shape index (κ1) is 14.4. The molecule has 0 aliphatic carbocycles. The molecule has 0 aromatic heterocycles. The van der Waals surface area contributed by atoms with Gasteiger partial charge in [0.2, 0.25) is 0 Å². The van der Waals surface area contributed by atoms with Gasteiger partial charge in [0.05, 0.1) is 7.11 Å². The molecular weight excluding hydrogens is 260 g/mol. The van der Waals surface area contributed by atoms with Gasteiger partial charge >= 0.3 is 0 Å². The molecule has 0 amide bonds. The van der Waals surface area contributed by atoms with E-state index in [2.05, 4.69) is 60.5 Å². The molecule has 3 heteroatoms. The Balaban J connectivity index is 1.95. The molecule has 0 radical (unpaired) electrons. The Morgan fingerprint density at radius 2 is 1.81 bits per heavy atom. The maximum absolute atomic E-state index is 5.61. The maximum Gasteiger partial charge on any atom is 0.123 e. The van der Waals surface area contributed by atoms with Crippen molar-refractivity contribution in [2.75, 3.05) is 20.2 Å². The van der Waals surface area contributed by atoms with Crippen molar-refractivity contribution >= 4 is 10.8 Å². The van der Waals surface area contributed by atoms with E-state index in [4.69, 9.17) is 4.74 Å². The number of nitrogens with zero attached hydrogens (tertiary/aromatic N) is 1. The number of nitrogens with one attached hydrogen (secondary N) is 1.